The van der Waals surface area contributed by atoms with Crippen molar-refractivity contribution in [3.8, 4) is 0 Å². The van der Waals surface area contributed by atoms with Gasteiger partial charge in [0, 0.05) is 12.3 Å². The standard InChI is InChI=1S/C10H7N3O4/c14-9(8-1-2-12-17-8)13-7-3-6(10(15)16)4-11-5-7/h1-5H,(H,13,14)(H,15,16). The highest BCUT2D eigenvalue weighted by Gasteiger charge is 2.11. The van der Waals surface area contributed by atoms with E-state index in [9.17, 15) is 9.59 Å². The third kappa shape index (κ3) is 2.46. The van der Waals surface area contributed by atoms with Gasteiger partial charge in [-0.1, -0.05) is 5.16 Å². The fourth-order valence-electron chi connectivity index (χ4n) is 1.15. The number of carbonyl (C=O) groups excluding carboxylic acids is 1. The summed E-state index contributed by atoms with van der Waals surface area (Å²) in [5.74, 6) is -1.61. The highest BCUT2D eigenvalue weighted by molar-refractivity contribution is 6.02. The third-order valence-corrected chi connectivity index (χ3v) is 1.90. The summed E-state index contributed by atoms with van der Waals surface area (Å²) in [7, 11) is 0. The number of carboxylic acids is 1. The van der Waals surface area contributed by atoms with Crippen LogP contribution in [0.5, 0.6) is 0 Å². The summed E-state index contributed by atoms with van der Waals surface area (Å²) < 4.78 is 4.65. The Morgan fingerprint density at radius 3 is 2.82 bits per heavy atom. The quantitative estimate of drug-likeness (QED) is 0.819. The maximum Gasteiger partial charge on any atom is 0.337 e. The molecule has 7 heteroatoms. The number of aromatic nitrogens is 2. The smallest absolute Gasteiger partial charge is 0.337 e. The first-order chi connectivity index (χ1) is 8.16. The van der Waals surface area contributed by atoms with Gasteiger partial charge in [0.25, 0.3) is 5.91 Å². The van der Waals surface area contributed by atoms with E-state index in [1.165, 1.54) is 30.7 Å². The van der Waals surface area contributed by atoms with Gasteiger partial charge in [0.2, 0.25) is 5.76 Å². The lowest BCUT2D eigenvalue weighted by Gasteiger charge is -2.02. The molecule has 2 rings (SSSR count). The van der Waals surface area contributed by atoms with Gasteiger partial charge in [-0.05, 0) is 6.07 Å². The second kappa shape index (κ2) is 4.44. The molecule has 7 nitrogen and oxygen atoms in total. The minimum absolute atomic E-state index is 0.0135. The molecule has 2 N–H and O–H groups in total. The monoisotopic (exact) mass is 233 g/mol. The van der Waals surface area contributed by atoms with Crippen molar-refractivity contribution in [1.29, 1.82) is 0 Å². The van der Waals surface area contributed by atoms with Gasteiger partial charge in [-0.3, -0.25) is 9.78 Å². The van der Waals surface area contributed by atoms with Crippen LogP contribution in [0.25, 0.3) is 0 Å². The number of anilines is 1. The van der Waals surface area contributed by atoms with Crippen LogP contribution in [0, 0.1) is 0 Å². The fraction of sp³-hybridized carbons (Fsp3) is 0. The van der Waals surface area contributed by atoms with Crippen molar-refractivity contribution in [3.05, 3.63) is 42.0 Å². The third-order valence-electron chi connectivity index (χ3n) is 1.90. The Bertz CT molecular complexity index is 550. The topological polar surface area (TPSA) is 105 Å². The van der Waals surface area contributed by atoms with Crippen molar-refractivity contribution in [1.82, 2.24) is 10.1 Å². The zero-order valence-electron chi connectivity index (χ0n) is 8.45. The van der Waals surface area contributed by atoms with Crippen LogP contribution in [0.1, 0.15) is 20.9 Å². The first-order valence-electron chi connectivity index (χ1n) is 4.57. The molecule has 0 spiro atoms. The Labute approximate surface area is 95.1 Å². The number of nitrogens with zero attached hydrogens (tertiary/aromatic N) is 2. The number of nitrogens with one attached hydrogen (secondary N) is 1. The normalized spacial score (nSPS) is 9.88. The van der Waals surface area contributed by atoms with Crippen molar-refractivity contribution in [3.63, 3.8) is 0 Å². The second-order valence-electron chi connectivity index (χ2n) is 3.10. The first-order valence-corrected chi connectivity index (χ1v) is 4.57. The minimum atomic E-state index is -1.12. The zero-order valence-corrected chi connectivity index (χ0v) is 8.45. The van der Waals surface area contributed by atoms with Crippen LogP contribution in [-0.2, 0) is 0 Å². The summed E-state index contributed by atoms with van der Waals surface area (Å²) in [6.45, 7) is 0. The molecule has 1 amide bonds. The second-order valence-corrected chi connectivity index (χ2v) is 3.10. The van der Waals surface area contributed by atoms with Crippen LogP contribution in [-0.4, -0.2) is 27.1 Å². The summed E-state index contributed by atoms with van der Waals surface area (Å²) in [6.07, 6.45) is 3.86. The molecule has 86 valence electrons. The Hall–Kier alpha value is -2.70. The van der Waals surface area contributed by atoms with Crippen molar-refractivity contribution in [2.24, 2.45) is 0 Å². The highest BCUT2D eigenvalue weighted by Crippen LogP contribution is 2.10. The molecule has 0 aliphatic heterocycles. The molecule has 0 saturated heterocycles. The average Bonchev–Trinajstić information content (AvgIpc) is 2.82. The van der Waals surface area contributed by atoms with Crippen LogP contribution < -0.4 is 5.32 Å². The van der Waals surface area contributed by atoms with E-state index in [1.807, 2.05) is 0 Å². The summed E-state index contributed by atoms with van der Waals surface area (Å²) in [4.78, 5) is 25.9. The molecule has 2 heterocycles. The van der Waals surface area contributed by atoms with E-state index in [0.717, 1.165) is 0 Å². The molecule has 17 heavy (non-hydrogen) atoms. The maximum atomic E-state index is 11.5. The fourth-order valence-corrected chi connectivity index (χ4v) is 1.15. The Morgan fingerprint density at radius 2 is 2.18 bits per heavy atom. The number of carbonyl (C=O) groups is 2. The Balaban J connectivity index is 2.16. The van der Waals surface area contributed by atoms with E-state index in [1.54, 1.807) is 0 Å². The van der Waals surface area contributed by atoms with Crippen LogP contribution in [0.3, 0.4) is 0 Å². The van der Waals surface area contributed by atoms with E-state index in [0.29, 0.717) is 0 Å². The number of aromatic carboxylic acids is 1. The van der Waals surface area contributed by atoms with Gasteiger partial charge in [-0.25, -0.2) is 4.79 Å². The molecule has 0 aromatic carbocycles. The largest absolute Gasteiger partial charge is 0.478 e. The van der Waals surface area contributed by atoms with Gasteiger partial charge in [0.1, 0.15) is 0 Å². The highest BCUT2D eigenvalue weighted by atomic mass is 16.5. The van der Waals surface area contributed by atoms with Gasteiger partial charge in [0.15, 0.2) is 0 Å². The predicted molar refractivity (Wildman–Crippen MR) is 55.7 cm³/mol. The van der Waals surface area contributed by atoms with Gasteiger partial charge in [-0.2, -0.15) is 0 Å². The molecule has 0 saturated carbocycles. The molecule has 0 unspecified atom stereocenters. The lowest BCUT2D eigenvalue weighted by molar-refractivity contribution is 0.0696. The molecule has 0 bridgehead atoms. The van der Waals surface area contributed by atoms with Crippen LogP contribution in [0.4, 0.5) is 5.69 Å². The molecule has 2 aromatic heterocycles. The SMILES string of the molecule is O=C(O)c1cncc(NC(=O)c2ccno2)c1. The van der Waals surface area contributed by atoms with Crippen molar-refractivity contribution >= 4 is 17.6 Å². The van der Waals surface area contributed by atoms with Crippen molar-refractivity contribution in [2.45, 2.75) is 0 Å². The van der Waals surface area contributed by atoms with Crippen molar-refractivity contribution in [2.75, 3.05) is 5.32 Å². The number of pyridine rings is 1. The minimum Gasteiger partial charge on any atom is -0.478 e. The zero-order chi connectivity index (χ0) is 12.3. The number of carboxylic acid groups (broad SMARTS) is 1. The number of hydrogen-bond acceptors (Lipinski definition) is 5. The first kappa shape index (κ1) is 10.8. The Kier molecular flexibility index (Phi) is 2.82. The molecule has 0 fully saturated rings. The average molecular weight is 233 g/mol. The van der Waals surface area contributed by atoms with Gasteiger partial charge in [0.05, 0.1) is 23.6 Å². The molecular weight excluding hydrogens is 226 g/mol. The van der Waals surface area contributed by atoms with Gasteiger partial charge >= 0.3 is 5.97 Å². The van der Waals surface area contributed by atoms with Crippen LogP contribution in [0.2, 0.25) is 0 Å². The van der Waals surface area contributed by atoms with Gasteiger partial charge < -0.3 is 14.9 Å². The lowest BCUT2D eigenvalue weighted by Crippen LogP contribution is -2.11. The Morgan fingerprint density at radius 1 is 1.35 bits per heavy atom. The van der Waals surface area contributed by atoms with Crippen LogP contribution >= 0.6 is 0 Å². The summed E-state index contributed by atoms with van der Waals surface area (Å²) >= 11 is 0. The van der Waals surface area contributed by atoms with E-state index >= 15 is 0 Å². The lowest BCUT2D eigenvalue weighted by atomic mass is 10.2. The molecule has 0 aliphatic carbocycles. The van der Waals surface area contributed by atoms with Crippen molar-refractivity contribution < 1.29 is 19.2 Å². The molecule has 2 aromatic rings. The van der Waals surface area contributed by atoms with E-state index in [-0.39, 0.29) is 17.0 Å². The van der Waals surface area contributed by atoms with E-state index in [4.69, 9.17) is 5.11 Å². The molecule has 0 aliphatic rings. The van der Waals surface area contributed by atoms with E-state index in [2.05, 4.69) is 20.0 Å². The molecule has 0 atom stereocenters. The maximum absolute atomic E-state index is 11.5. The summed E-state index contributed by atoms with van der Waals surface area (Å²) in [5, 5.41) is 14.6. The van der Waals surface area contributed by atoms with Gasteiger partial charge in [-0.15, -0.1) is 0 Å². The molecular formula is C10H7N3O4. The number of rotatable bonds is 3. The van der Waals surface area contributed by atoms with E-state index < -0.39 is 11.9 Å². The summed E-state index contributed by atoms with van der Waals surface area (Å²) in [6, 6.07) is 2.69. The predicted octanol–water partition coefficient (Wildman–Crippen LogP) is 1.02. The number of amides is 1. The summed E-state index contributed by atoms with van der Waals surface area (Å²) in [5.41, 5.74) is 0.256. The molecule has 0 radical (unpaired) electrons. The number of hydrogen-bond donors (Lipinski definition) is 2. The van der Waals surface area contributed by atoms with Crippen LogP contribution in [0.15, 0.2) is 35.2 Å².